The summed E-state index contributed by atoms with van der Waals surface area (Å²) in [7, 11) is 0. The molecule has 1 amide bonds. The average Bonchev–Trinajstić information content (AvgIpc) is 3.29. The van der Waals surface area contributed by atoms with Gasteiger partial charge in [0.05, 0.1) is 0 Å². The van der Waals surface area contributed by atoms with E-state index in [2.05, 4.69) is 5.32 Å². The highest BCUT2D eigenvalue weighted by atomic mass is 32.2. The predicted molar refractivity (Wildman–Crippen MR) is 82.0 cm³/mol. The maximum absolute atomic E-state index is 12.1. The molecule has 1 aromatic carbocycles. The maximum atomic E-state index is 12.1. The number of ether oxygens (including phenoxy) is 1. The third-order valence-corrected chi connectivity index (χ3v) is 4.26. The zero-order chi connectivity index (χ0) is 14.5. The van der Waals surface area contributed by atoms with E-state index in [9.17, 15) is 4.79 Å². The van der Waals surface area contributed by atoms with E-state index >= 15 is 0 Å². The molecular formula is C15H22N2O2S. The Balaban J connectivity index is 1.86. The first kappa shape index (κ1) is 15.2. The van der Waals surface area contributed by atoms with E-state index in [1.807, 2.05) is 30.5 Å². The molecule has 1 fully saturated rings. The lowest BCUT2D eigenvalue weighted by molar-refractivity contribution is -0.128. The molecule has 1 aliphatic rings. The van der Waals surface area contributed by atoms with Gasteiger partial charge in [0.15, 0.2) is 6.10 Å². The summed E-state index contributed by atoms with van der Waals surface area (Å²) in [6.45, 7) is 2.25. The van der Waals surface area contributed by atoms with Crippen molar-refractivity contribution in [2.24, 2.45) is 11.7 Å². The van der Waals surface area contributed by atoms with Crippen LogP contribution in [0.4, 0.5) is 0 Å². The maximum Gasteiger partial charge on any atom is 0.261 e. The number of thioether (sulfide) groups is 1. The Bertz CT molecular complexity index is 446. The van der Waals surface area contributed by atoms with Crippen LogP contribution in [0.1, 0.15) is 19.8 Å². The summed E-state index contributed by atoms with van der Waals surface area (Å²) in [5.74, 6) is 1.17. The lowest BCUT2D eigenvalue weighted by Gasteiger charge is -2.20. The molecule has 0 spiro atoms. The number of hydrogen-bond acceptors (Lipinski definition) is 4. The number of benzene rings is 1. The molecule has 0 aromatic heterocycles. The molecule has 4 nitrogen and oxygen atoms in total. The molecular weight excluding hydrogens is 272 g/mol. The zero-order valence-corrected chi connectivity index (χ0v) is 12.8. The van der Waals surface area contributed by atoms with Crippen LogP contribution in [-0.4, -0.2) is 30.9 Å². The normalized spacial score (nSPS) is 17.4. The minimum absolute atomic E-state index is 0.0902. The van der Waals surface area contributed by atoms with E-state index in [0.717, 1.165) is 12.8 Å². The highest BCUT2D eigenvalue weighted by Gasteiger charge is 2.32. The SMILES string of the molecule is CSc1ccc(OC(C)C(=O)NC(CN)C2CC2)cc1. The number of carbonyl (C=O) groups excluding carboxylic acids is 1. The molecule has 1 aromatic rings. The van der Waals surface area contributed by atoms with Crippen molar-refractivity contribution in [3.8, 4) is 5.75 Å². The molecule has 2 rings (SSSR count). The number of nitrogens with two attached hydrogens (primary N) is 1. The largest absolute Gasteiger partial charge is 0.481 e. The average molecular weight is 294 g/mol. The van der Waals surface area contributed by atoms with Crippen LogP contribution < -0.4 is 15.8 Å². The van der Waals surface area contributed by atoms with Gasteiger partial charge in [0.1, 0.15) is 5.75 Å². The standard InChI is InChI=1S/C15H22N2O2S/c1-10(15(18)17-14(9-16)11-3-4-11)19-12-5-7-13(20-2)8-6-12/h5-8,10-11,14H,3-4,9,16H2,1-2H3,(H,17,18). The molecule has 5 heteroatoms. The van der Waals surface area contributed by atoms with Gasteiger partial charge in [0.2, 0.25) is 0 Å². The second kappa shape index (κ2) is 6.99. The molecule has 0 bridgehead atoms. The second-order valence-corrected chi connectivity index (χ2v) is 6.00. The fourth-order valence-electron chi connectivity index (χ4n) is 2.08. The Morgan fingerprint density at radius 3 is 2.60 bits per heavy atom. The quantitative estimate of drug-likeness (QED) is 0.755. The first-order valence-electron chi connectivity index (χ1n) is 6.95. The molecule has 0 aliphatic heterocycles. The van der Waals surface area contributed by atoms with Crippen LogP contribution >= 0.6 is 11.8 Å². The zero-order valence-electron chi connectivity index (χ0n) is 12.0. The highest BCUT2D eigenvalue weighted by molar-refractivity contribution is 7.98. The third kappa shape index (κ3) is 4.15. The Kier molecular flexibility index (Phi) is 5.31. The summed E-state index contributed by atoms with van der Waals surface area (Å²) in [6, 6.07) is 7.83. The van der Waals surface area contributed by atoms with Crippen LogP contribution in [0, 0.1) is 5.92 Å². The number of rotatable bonds is 7. The summed E-state index contributed by atoms with van der Waals surface area (Å²) in [4.78, 5) is 13.2. The van der Waals surface area contributed by atoms with E-state index in [0.29, 0.717) is 18.2 Å². The van der Waals surface area contributed by atoms with Crippen molar-refractivity contribution in [3.63, 3.8) is 0 Å². The fourth-order valence-corrected chi connectivity index (χ4v) is 2.49. The van der Waals surface area contributed by atoms with Gasteiger partial charge in [-0.25, -0.2) is 0 Å². The Labute approximate surface area is 124 Å². The van der Waals surface area contributed by atoms with Crippen molar-refractivity contribution < 1.29 is 9.53 Å². The van der Waals surface area contributed by atoms with E-state index in [1.165, 1.54) is 4.90 Å². The lowest BCUT2D eigenvalue weighted by Crippen LogP contribution is -2.46. The Morgan fingerprint density at radius 1 is 1.45 bits per heavy atom. The fraction of sp³-hybridized carbons (Fsp3) is 0.533. The Hall–Kier alpha value is -1.20. The molecule has 0 heterocycles. The lowest BCUT2D eigenvalue weighted by atomic mass is 10.2. The highest BCUT2D eigenvalue weighted by Crippen LogP contribution is 2.32. The van der Waals surface area contributed by atoms with Crippen molar-refractivity contribution >= 4 is 17.7 Å². The number of amides is 1. The van der Waals surface area contributed by atoms with Crippen LogP contribution in [0.5, 0.6) is 5.75 Å². The molecule has 0 saturated heterocycles. The van der Waals surface area contributed by atoms with Gasteiger partial charge in [0.25, 0.3) is 5.91 Å². The van der Waals surface area contributed by atoms with Crippen molar-refractivity contribution in [3.05, 3.63) is 24.3 Å². The van der Waals surface area contributed by atoms with Crippen LogP contribution in [0.3, 0.4) is 0 Å². The molecule has 1 saturated carbocycles. The first-order chi connectivity index (χ1) is 9.63. The number of nitrogens with one attached hydrogen (secondary N) is 1. The summed E-state index contributed by atoms with van der Waals surface area (Å²) in [6.07, 6.45) is 3.83. The van der Waals surface area contributed by atoms with Gasteiger partial charge >= 0.3 is 0 Å². The topological polar surface area (TPSA) is 64.3 Å². The summed E-state index contributed by atoms with van der Waals surface area (Å²) < 4.78 is 5.66. The minimum atomic E-state index is -0.511. The molecule has 1 aliphatic carbocycles. The summed E-state index contributed by atoms with van der Waals surface area (Å²) in [5.41, 5.74) is 5.69. The molecule has 2 unspecified atom stereocenters. The summed E-state index contributed by atoms with van der Waals surface area (Å²) >= 11 is 1.68. The second-order valence-electron chi connectivity index (χ2n) is 5.12. The van der Waals surface area contributed by atoms with Crippen LogP contribution in [0.25, 0.3) is 0 Å². The van der Waals surface area contributed by atoms with Gasteiger partial charge < -0.3 is 15.8 Å². The molecule has 110 valence electrons. The summed E-state index contributed by atoms with van der Waals surface area (Å²) in [5, 5.41) is 2.98. The molecule has 0 radical (unpaired) electrons. The van der Waals surface area contributed by atoms with Gasteiger partial charge in [-0.05, 0) is 56.2 Å². The molecule has 3 N–H and O–H groups in total. The van der Waals surface area contributed by atoms with Gasteiger partial charge in [0, 0.05) is 17.5 Å². The van der Waals surface area contributed by atoms with Gasteiger partial charge in [-0.2, -0.15) is 0 Å². The van der Waals surface area contributed by atoms with Crippen molar-refractivity contribution in [2.45, 2.75) is 36.8 Å². The third-order valence-electron chi connectivity index (χ3n) is 3.51. The van der Waals surface area contributed by atoms with E-state index in [-0.39, 0.29) is 11.9 Å². The van der Waals surface area contributed by atoms with Crippen molar-refractivity contribution in [1.82, 2.24) is 5.32 Å². The van der Waals surface area contributed by atoms with Crippen LogP contribution in [0.15, 0.2) is 29.2 Å². The minimum Gasteiger partial charge on any atom is -0.481 e. The van der Waals surface area contributed by atoms with Crippen LogP contribution in [-0.2, 0) is 4.79 Å². The molecule has 20 heavy (non-hydrogen) atoms. The van der Waals surface area contributed by atoms with Crippen molar-refractivity contribution in [1.29, 1.82) is 0 Å². The monoisotopic (exact) mass is 294 g/mol. The number of carbonyl (C=O) groups is 1. The van der Waals surface area contributed by atoms with Gasteiger partial charge in [-0.3, -0.25) is 4.79 Å². The number of hydrogen-bond donors (Lipinski definition) is 2. The van der Waals surface area contributed by atoms with Crippen molar-refractivity contribution in [2.75, 3.05) is 12.8 Å². The predicted octanol–water partition coefficient (Wildman–Crippen LogP) is 2.03. The Morgan fingerprint density at radius 2 is 2.10 bits per heavy atom. The molecule has 2 atom stereocenters. The van der Waals surface area contributed by atoms with E-state index in [1.54, 1.807) is 18.7 Å². The van der Waals surface area contributed by atoms with Crippen LogP contribution in [0.2, 0.25) is 0 Å². The van der Waals surface area contributed by atoms with E-state index in [4.69, 9.17) is 10.5 Å². The van der Waals surface area contributed by atoms with Gasteiger partial charge in [-0.1, -0.05) is 0 Å². The first-order valence-corrected chi connectivity index (χ1v) is 8.17. The van der Waals surface area contributed by atoms with E-state index < -0.39 is 6.10 Å². The van der Waals surface area contributed by atoms with Gasteiger partial charge in [-0.15, -0.1) is 11.8 Å². The smallest absolute Gasteiger partial charge is 0.261 e.